The second-order valence-electron chi connectivity index (χ2n) is 6.87. The minimum Gasteiger partial charge on any atom is -0.379 e. The lowest BCUT2D eigenvalue weighted by molar-refractivity contribution is 0.0685. The van der Waals surface area contributed by atoms with E-state index in [2.05, 4.69) is 4.98 Å². The second kappa shape index (κ2) is 7.89. The zero-order valence-corrected chi connectivity index (χ0v) is 16.1. The molecule has 0 N–H and O–H groups in total. The molecule has 8 nitrogen and oxygen atoms in total. The first-order chi connectivity index (χ1) is 12.4. The molecule has 9 heteroatoms. The van der Waals surface area contributed by atoms with Crippen LogP contribution < -0.4 is 4.90 Å². The molecule has 26 heavy (non-hydrogen) atoms. The number of amides is 1. The predicted octanol–water partition coefficient (Wildman–Crippen LogP) is 0.414. The van der Waals surface area contributed by atoms with Crippen molar-refractivity contribution in [3.8, 4) is 0 Å². The van der Waals surface area contributed by atoms with E-state index in [4.69, 9.17) is 4.74 Å². The van der Waals surface area contributed by atoms with Crippen LogP contribution >= 0.6 is 0 Å². The molecule has 0 unspecified atom stereocenters. The van der Waals surface area contributed by atoms with Gasteiger partial charge in [-0.3, -0.25) is 4.79 Å². The summed E-state index contributed by atoms with van der Waals surface area (Å²) in [5.74, 6) is 0.609. The van der Waals surface area contributed by atoms with Crippen molar-refractivity contribution in [1.29, 1.82) is 0 Å². The van der Waals surface area contributed by atoms with E-state index in [1.807, 2.05) is 19.0 Å². The number of carbonyl (C=O) groups excluding carboxylic acids is 1. The molecule has 2 aliphatic rings. The summed E-state index contributed by atoms with van der Waals surface area (Å²) in [7, 11) is 0.354. The van der Waals surface area contributed by atoms with E-state index in [0.717, 1.165) is 5.82 Å². The molecule has 2 aliphatic heterocycles. The Kier molecular flexibility index (Phi) is 5.79. The maximum Gasteiger partial charge on any atom is 0.255 e. The number of piperidine rings is 1. The molecule has 0 bridgehead atoms. The van der Waals surface area contributed by atoms with E-state index in [1.165, 1.54) is 4.31 Å². The van der Waals surface area contributed by atoms with E-state index in [1.54, 1.807) is 23.2 Å². The quantitative estimate of drug-likeness (QED) is 0.750. The van der Waals surface area contributed by atoms with Gasteiger partial charge in [-0.05, 0) is 25.0 Å². The largest absolute Gasteiger partial charge is 0.379 e. The van der Waals surface area contributed by atoms with Gasteiger partial charge >= 0.3 is 0 Å². The number of rotatable bonds is 4. The van der Waals surface area contributed by atoms with Crippen molar-refractivity contribution in [2.75, 3.05) is 58.4 Å². The summed E-state index contributed by atoms with van der Waals surface area (Å²) in [6.45, 7) is 2.44. The number of aromatic nitrogens is 1. The first kappa shape index (κ1) is 19.1. The van der Waals surface area contributed by atoms with Crippen LogP contribution in [0.1, 0.15) is 23.2 Å². The van der Waals surface area contributed by atoms with Gasteiger partial charge in [-0.15, -0.1) is 0 Å². The van der Waals surface area contributed by atoms with Crippen molar-refractivity contribution in [2.45, 2.75) is 18.1 Å². The molecule has 0 spiro atoms. The maximum absolute atomic E-state index is 12.9. The van der Waals surface area contributed by atoms with Crippen molar-refractivity contribution >= 4 is 21.7 Å². The van der Waals surface area contributed by atoms with E-state index in [9.17, 15) is 13.2 Å². The normalized spacial score (nSPS) is 22.2. The maximum atomic E-state index is 12.9. The topological polar surface area (TPSA) is 83.1 Å². The Morgan fingerprint density at radius 3 is 2.58 bits per heavy atom. The molecule has 0 radical (unpaired) electrons. The van der Waals surface area contributed by atoms with Crippen molar-refractivity contribution in [2.24, 2.45) is 0 Å². The first-order valence-electron chi connectivity index (χ1n) is 8.89. The highest BCUT2D eigenvalue weighted by atomic mass is 32.2. The molecule has 1 aromatic rings. The molecule has 1 amide bonds. The van der Waals surface area contributed by atoms with Crippen LogP contribution in [-0.2, 0) is 14.8 Å². The number of ether oxygens (including phenoxy) is 1. The molecule has 1 atom stereocenters. The molecular weight excluding hydrogens is 356 g/mol. The number of pyridine rings is 1. The van der Waals surface area contributed by atoms with Crippen LogP contribution in [0.25, 0.3) is 0 Å². The summed E-state index contributed by atoms with van der Waals surface area (Å²) in [4.78, 5) is 20.5. The standard InChI is InChI=1S/C17H26N4O4S/c1-19(2)16-6-5-14(12-18-16)17(22)20-7-3-4-15(13-20)26(23,24)21-8-10-25-11-9-21/h5-6,12,15H,3-4,7-11,13H2,1-2H3/t15-/m0/s1. The zero-order valence-electron chi connectivity index (χ0n) is 15.3. The van der Waals surface area contributed by atoms with E-state index in [-0.39, 0.29) is 12.5 Å². The van der Waals surface area contributed by atoms with Crippen LogP contribution in [0.5, 0.6) is 0 Å². The van der Waals surface area contributed by atoms with Gasteiger partial charge in [0.15, 0.2) is 0 Å². The SMILES string of the molecule is CN(C)c1ccc(C(=O)N2CCC[C@H](S(=O)(=O)N3CCOCC3)C2)cn1. The van der Waals surface area contributed by atoms with Crippen LogP contribution in [-0.4, -0.2) is 87.3 Å². The highest BCUT2D eigenvalue weighted by molar-refractivity contribution is 7.89. The molecule has 3 heterocycles. The lowest BCUT2D eigenvalue weighted by atomic mass is 10.1. The van der Waals surface area contributed by atoms with Gasteiger partial charge in [0.1, 0.15) is 5.82 Å². The summed E-state index contributed by atoms with van der Waals surface area (Å²) >= 11 is 0. The highest BCUT2D eigenvalue weighted by Crippen LogP contribution is 2.23. The zero-order chi connectivity index (χ0) is 18.7. The Morgan fingerprint density at radius 1 is 1.23 bits per heavy atom. The summed E-state index contributed by atoms with van der Waals surface area (Å²) < 4.78 is 32.5. The molecule has 0 aliphatic carbocycles. The minimum absolute atomic E-state index is 0.162. The Labute approximate surface area is 154 Å². The molecule has 3 rings (SSSR count). The smallest absolute Gasteiger partial charge is 0.255 e. The predicted molar refractivity (Wildman–Crippen MR) is 98.8 cm³/mol. The van der Waals surface area contributed by atoms with Crippen molar-refractivity contribution in [3.05, 3.63) is 23.9 Å². The number of hydrogen-bond donors (Lipinski definition) is 0. The Bertz CT molecular complexity index is 730. The van der Waals surface area contributed by atoms with Gasteiger partial charge in [0.2, 0.25) is 10.0 Å². The monoisotopic (exact) mass is 382 g/mol. The number of morpholine rings is 1. The van der Waals surface area contributed by atoms with Gasteiger partial charge in [0.25, 0.3) is 5.91 Å². The number of anilines is 1. The van der Waals surface area contributed by atoms with Crippen LogP contribution in [0.15, 0.2) is 18.3 Å². The van der Waals surface area contributed by atoms with Gasteiger partial charge in [0, 0.05) is 46.5 Å². The van der Waals surface area contributed by atoms with Crippen LogP contribution in [0, 0.1) is 0 Å². The van der Waals surface area contributed by atoms with Crippen LogP contribution in [0.4, 0.5) is 5.82 Å². The average Bonchev–Trinajstić information content (AvgIpc) is 2.68. The lowest BCUT2D eigenvalue weighted by Gasteiger charge is -2.36. The minimum atomic E-state index is -3.41. The van der Waals surface area contributed by atoms with Gasteiger partial charge < -0.3 is 14.5 Å². The molecule has 144 valence electrons. The third-order valence-electron chi connectivity index (χ3n) is 4.87. The fourth-order valence-electron chi connectivity index (χ4n) is 3.34. The average molecular weight is 382 g/mol. The molecule has 0 saturated carbocycles. The van der Waals surface area contributed by atoms with Crippen LogP contribution in [0.2, 0.25) is 0 Å². The number of hydrogen-bond acceptors (Lipinski definition) is 6. The third kappa shape index (κ3) is 3.99. The van der Waals surface area contributed by atoms with Crippen molar-refractivity contribution in [3.63, 3.8) is 0 Å². The summed E-state index contributed by atoms with van der Waals surface area (Å²) in [5.41, 5.74) is 0.486. The number of likely N-dealkylation sites (tertiary alicyclic amines) is 1. The third-order valence-corrected chi connectivity index (χ3v) is 7.18. The van der Waals surface area contributed by atoms with Crippen LogP contribution in [0.3, 0.4) is 0 Å². The fraction of sp³-hybridized carbons (Fsp3) is 0.647. The molecular formula is C17H26N4O4S. The molecule has 2 saturated heterocycles. The fourth-order valence-corrected chi connectivity index (χ4v) is 5.25. The Balaban J connectivity index is 1.70. The van der Waals surface area contributed by atoms with E-state index >= 15 is 0 Å². The lowest BCUT2D eigenvalue weighted by Crippen LogP contribution is -2.51. The van der Waals surface area contributed by atoms with Gasteiger partial charge in [-0.1, -0.05) is 0 Å². The molecule has 1 aromatic heterocycles. The van der Waals surface area contributed by atoms with Gasteiger partial charge in [-0.25, -0.2) is 13.4 Å². The number of sulfonamides is 1. The van der Waals surface area contributed by atoms with E-state index in [0.29, 0.717) is 51.3 Å². The molecule has 2 fully saturated rings. The van der Waals surface area contributed by atoms with Crippen molar-refractivity contribution < 1.29 is 17.9 Å². The number of nitrogens with zero attached hydrogens (tertiary/aromatic N) is 4. The van der Waals surface area contributed by atoms with Gasteiger partial charge in [-0.2, -0.15) is 4.31 Å². The summed E-state index contributed by atoms with van der Waals surface area (Å²) in [6.07, 6.45) is 2.82. The highest BCUT2D eigenvalue weighted by Gasteiger charge is 2.37. The number of carbonyl (C=O) groups is 1. The first-order valence-corrected chi connectivity index (χ1v) is 10.4. The second-order valence-corrected chi connectivity index (χ2v) is 9.08. The summed E-state index contributed by atoms with van der Waals surface area (Å²) in [5, 5.41) is -0.549. The molecule has 0 aromatic carbocycles. The Hall–Kier alpha value is -1.71. The summed E-state index contributed by atoms with van der Waals surface area (Å²) in [6, 6.07) is 3.53. The van der Waals surface area contributed by atoms with Crippen molar-refractivity contribution in [1.82, 2.24) is 14.2 Å². The van der Waals surface area contributed by atoms with E-state index < -0.39 is 15.3 Å². The van der Waals surface area contributed by atoms with Gasteiger partial charge in [0.05, 0.1) is 24.0 Å². The Morgan fingerprint density at radius 2 is 1.96 bits per heavy atom.